The first-order chi connectivity index (χ1) is 19.1. The Morgan fingerprint density at radius 3 is 2.49 bits per heavy atom. The van der Waals surface area contributed by atoms with Crippen LogP contribution < -0.4 is 10.2 Å². The Labute approximate surface area is 227 Å². The molecule has 1 atom stereocenters. The second kappa shape index (κ2) is 11.7. The van der Waals surface area contributed by atoms with E-state index in [1.165, 1.54) is 4.57 Å². The molecule has 0 aliphatic carbocycles. The maximum atomic E-state index is 14.1. The van der Waals surface area contributed by atoms with E-state index >= 15 is 0 Å². The van der Waals surface area contributed by atoms with Gasteiger partial charge in [0.25, 0.3) is 6.43 Å². The zero-order valence-electron chi connectivity index (χ0n) is 22.4. The zero-order valence-corrected chi connectivity index (χ0v) is 22.4. The zero-order chi connectivity index (χ0) is 26.8. The quantitative estimate of drug-likeness (QED) is 0.475. The highest BCUT2D eigenvalue weighted by molar-refractivity contribution is 5.78. The van der Waals surface area contributed by atoms with E-state index in [2.05, 4.69) is 27.0 Å². The number of likely N-dealkylation sites (tertiary alicyclic amines) is 1. The molecule has 0 amide bonds. The lowest BCUT2D eigenvalue weighted by Gasteiger charge is -2.39. The first-order valence-corrected chi connectivity index (χ1v) is 14.1. The van der Waals surface area contributed by atoms with Gasteiger partial charge in [-0.3, -0.25) is 4.57 Å². The molecule has 6 rings (SSSR count). The van der Waals surface area contributed by atoms with Crippen LogP contribution in [0.3, 0.4) is 0 Å². The molecule has 2 aromatic heterocycles. The average Bonchev–Trinajstić information content (AvgIpc) is 3.37. The van der Waals surface area contributed by atoms with Gasteiger partial charge in [0.05, 0.1) is 30.3 Å². The normalized spacial score (nSPS) is 22.2. The van der Waals surface area contributed by atoms with E-state index in [9.17, 15) is 8.78 Å². The lowest BCUT2D eigenvalue weighted by Crippen LogP contribution is -2.45. The number of nitrogens with zero attached hydrogens (tertiary/aromatic N) is 6. The Morgan fingerprint density at radius 2 is 1.72 bits per heavy atom. The van der Waals surface area contributed by atoms with Gasteiger partial charge in [-0.15, -0.1) is 0 Å². The molecule has 11 heteroatoms. The SMILES string of the molecule is CC1COCCN1c1cc(-n2c(C(F)F)nc3ccccc32)nc(NCC2CCN(C3CCOCC3)CC2)n1. The molecule has 5 heterocycles. The number of alkyl halides is 2. The van der Waals surface area contributed by atoms with E-state index < -0.39 is 6.43 Å². The number of anilines is 2. The van der Waals surface area contributed by atoms with E-state index in [-0.39, 0.29) is 11.9 Å². The van der Waals surface area contributed by atoms with Gasteiger partial charge in [0.15, 0.2) is 5.82 Å². The summed E-state index contributed by atoms with van der Waals surface area (Å²) >= 11 is 0. The van der Waals surface area contributed by atoms with Crippen LogP contribution in [-0.4, -0.2) is 89.1 Å². The second-order valence-electron chi connectivity index (χ2n) is 10.8. The Hall–Kier alpha value is -2.89. The van der Waals surface area contributed by atoms with Crippen molar-refractivity contribution in [1.82, 2.24) is 24.4 Å². The van der Waals surface area contributed by atoms with Crippen molar-refractivity contribution in [3.63, 3.8) is 0 Å². The highest BCUT2D eigenvalue weighted by Crippen LogP contribution is 2.30. The molecule has 0 spiro atoms. The van der Waals surface area contributed by atoms with E-state index in [0.717, 1.165) is 58.5 Å². The number of ether oxygens (including phenoxy) is 2. The third kappa shape index (κ3) is 5.71. The van der Waals surface area contributed by atoms with Crippen LogP contribution in [0.15, 0.2) is 30.3 Å². The number of rotatable bonds is 7. The van der Waals surface area contributed by atoms with Gasteiger partial charge in [-0.05, 0) is 63.7 Å². The molecule has 1 N–H and O–H groups in total. The molecule has 9 nitrogen and oxygen atoms in total. The van der Waals surface area contributed by atoms with E-state index in [0.29, 0.717) is 60.3 Å². The predicted molar refractivity (Wildman–Crippen MR) is 146 cm³/mol. The highest BCUT2D eigenvalue weighted by Gasteiger charge is 2.28. The fraction of sp³-hybridized carbons (Fsp3) is 0.607. The number of piperidine rings is 1. The summed E-state index contributed by atoms with van der Waals surface area (Å²) in [5.74, 6) is 1.73. The van der Waals surface area contributed by atoms with E-state index in [1.54, 1.807) is 24.3 Å². The summed E-state index contributed by atoms with van der Waals surface area (Å²) in [6, 6.07) is 9.71. The van der Waals surface area contributed by atoms with Gasteiger partial charge in [0.2, 0.25) is 5.95 Å². The van der Waals surface area contributed by atoms with E-state index in [1.807, 2.05) is 6.07 Å². The molecular weight excluding hydrogens is 504 g/mol. The van der Waals surface area contributed by atoms with Crippen LogP contribution in [0.25, 0.3) is 16.9 Å². The van der Waals surface area contributed by atoms with Crippen molar-refractivity contribution in [3.8, 4) is 5.82 Å². The van der Waals surface area contributed by atoms with E-state index in [4.69, 9.17) is 19.4 Å². The highest BCUT2D eigenvalue weighted by atomic mass is 19.3. The minimum Gasteiger partial charge on any atom is -0.381 e. The standard InChI is InChI=1S/C28H37F2N7O2/c1-19-18-39-15-12-36(19)24-16-25(37-23-5-3-2-4-22(23)32-27(37)26(29)30)34-28(33-24)31-17-20-6-10-35(11-7-20)21-8-13-38-14-9-21/h2-5,16,19-21,26H,6-15,17-18H2,1H3,(H,31,33,34). The summed E-state index contributed by atoms with van der Waals surface area (Å²) in [4.78, 5) is 18.6. The molecule has 0 bridgehead atoms. The van der Waals surface area contributed by atoms with Crippen LogP contribution in [0.4, 0.5) is 20.5 Å². The van der Waals surface area contributed by atoms with Gasteiger partial charge in [0, 0.05) is 38.4 Å². The van der Waals surface area contributed by atoms with Gasteiger partial charge >= 0.3 is 0 Å². The Kier molecular flexibility index (Phi) is 7.90. The van der Waals surface area contributed by atoms with Crippen LogP contribution in [0.1, 0.15) is 44.9 Å². The lowest BCUT2D eigenvalue weighted by atomic mass is 9.94. The number of imidazole rings is 1. The number of halogens is 2. The molecule has 1 aromatic carbocycles. The third-order valence-electron chi connectivity index (χ3n) is 8.28. The van der Waals surface area contributed by atoms with Crippen molar-refractivity contribution in [2.45, 2.75) is 51.1 Å². The van der Waals surface area contributed by atoms with Crippen LogP contribution in [0.5, 0.6) is 0 Å². The Bertz CT molecular complexity index is 1260. The van der Waals surface area contributed by atoms with Gasteiger partial charge < -0.3 is 24.6 Å². The minimum absolute atomic E-state index is 0.109. The van der Waals surface area contributed by atoms with Crippen molar-refractivity contribution >= 4 is 22.8 Å². The summed E-state index contributed by atoms with van der Waals surface area (Å²) in [7, 11) is 0. The van der Waals surface area contributed by atoms with Gasteiger partial charge in [-0.1, -0.05) is 12.1 Å². The first kappa shape index (κ1) is 26.3. The molecule has 39 heavy (non-hydrogen) atoms. The van der Waals surface area contributed by atoms with Crippen molar-refractivity contribution in [2.75, 3.05) is 62.8 Å². The van der Waals surface area contributed by atoms with Crippen LogP contribution in [0.2, 0.25) is 0 Å². The van der Waals surface area contributed by atoms with Crippen LogP contribution in [-0.2, 0) is 9.47 Å². The smallest absolute Gasteiger partial charge is 0.296 e. The topological polar surface area (TPSA) is 80.6 Å². The number of para-hydroxylation sites is 2. The number of hydrogen-bond donors (Lipinski definition) is 1. The number of morpholine rings is 1. The third-order valence-corrected chi connectivity index (χ3v) is 8.28. The van der Waals surface area contributed by atoms with Crippen molar-refractivity contribution in [3.05, 3.63) is 36.2 Å². The number of fused-ring (bicyclic) bond motifs is 1. The summed E-state index contributed by atoms with van der Waals surface area (Å²) in [5, 5.41) is 3.46. The molecule has 3 aromatic rings. The molecule has 3 aliphatic heterocycles. The predicted octanol–water partition coefficient (Wildman–Crippen LogP) is 4.28. The molecular formula is C28H37F2N7O2. The second-order valence-corrected chi connectivity index (χ2v) is 10.8. The van der Waals surface area contributed by atoms with Gasteiger partial charge in [0.1, 0.15) is 11.6 Å². The summed E-state index contributed by atoms with van der Waals surface area (Å²) in [5.41, 5.74) is 1.11. The maximum Gasteiger partial charge on any atom is 0.296 e. The molecule has 3 saturated heterocycles. The average molecular weight is 542 g/mol. The van der Waals surface area contributed by atoms with Crippen molar-refractivity contribution < 1.29 is 18.3 Å². The molecule has 0 radical (unpaired) electrons. The van der Waals surface area contributed by atoms with Crippen LogP contribution >= 0.6 is 0 Å². The first-order valence-electron chi connectivity index (χ1n) is 14.1. The Balaban J connectivity index is 1.26. The largest absolute Gasteiger partial charge is 0.381 e. The van der Waals surface area contributed by atoms with Crippen LogP contribution in [0, 0.1) is 5.92 Å². The van der Waals surface area contributed by atoms with Crippen molar-refractivity contribution in [2.24, 2.45) is 5.92 Å². The number of aromatic nitrogens is 4. The fourth-order valence-electron chi connectivity index (χ4n) is 6.07. The number of benzene rings is 1. The summed E-state index contributed by atoms with van der Waals surface area (Å²) in [6.07, 6.45) is 1.72. The fourth-order valence-corrected chi connectivity index (χ4v) is 6.07. The monoisotopic (exact) mass is 541 g/mol. The Morgan fingerprint density at radius 1 is 0.949 bits per heavy atom. The number of nitrogens with one attached hydrogen (secondary N) is 1. The molecule has 0 saturated carbocycles. The molecule has 3 fully saturated rings. The molecule has 1 unspecified atom stereocenters. The molecule has 3 aliphatic rings. The summed E-state index contributed by atoms with van der Waals surface area (Å²) < 4.78 is 40.9. The van der Waals surface area contributed by atoms with Gasteiger partial charge in [-0.2, -0.15) is 9.97 Å². The molecule has 210 valence electrons. The lowest BCUT2D eigenvalue weighted by molar-refractivity contribution is 0.0219. The minimum atomic E-state index is -2.74. The van der Waals surface area contributed by atoms with Gasteiger partial charge in [-0.25, -0.2) is 13.8 Å². The van der Waals surface area contributed by atoms with Crippen molar-refractivity contribution in [1.29, 1.82) is 0 Å². The number of hydrogen-bond acceptors (Lipinski definition) is 8. The summed E-state index contributed by atoms with van der Waals surface area (Å²) in [6.45, 7) is 8.59. The maximum absolute atomic E-state index is 14.1.